The number of anilines is 6. The fourth-order valence-corrected chi connectivity index (χ4v) is 10.4. The number of hydrogen-bond donors (Lipinski definition) is 0. The predicted octanol–water partition coefficient (Wildman–Crippen LogP) is 16.3. The van der Waals surface area contributed by atoms with E-state index in [1.54, 1.807) is 0 Å². The number of benzene rings is 10. The first-order valence-electron chi connectivity index (χ1n) is 21.8. The van der Waals surface area contributed by atoms with Gasteiger partial charge in [0.2, 0.25) is 0 Å². The average Bonchev–Trinajstić information content (AvgIpc) is 3.82. The normalized spacial score (nSPS) is 12.6. The topological polar surface area (TPSA) is 6.48 Å². The molecular weight excluding hydrogens is 761 g/mol. The largest absolute Gasteiger partial charge is 0.310 e. The summed E-state index contributed by atoms with van der Waals surface area (Å²) in [6.07, 6.45) is 0. The van der Waals surface area contributed by atoms with Gasteiger partial charge < -0.3 is 9.80 Å². The Kier molecular flexibility index (Phi) is 8.76. The molecule has 63 heavy (non-hydrogen) atoms. The third kappa shape index (κ3) is 5.95. The van der Waals surface area contributed by atoms with Crippen molar-refractivity contribution < 1.29 is 0 Å². The maximum Gasteiger partial charge on any atom is 0.0727 e. The fraction of sp³-hybridized carbons (Fsp3) is 0.0164. The van der Waals surface area contributed by atoms with E-state index >= 15 is 0 Å². The molecule has 10 aromatic rings. The highest BCUT2D eigenvalue weighted by molar-refractivity contribution is 5.98. The second-order valence-corrected chi connectivity index (χ2v) is 16.5. The molecule has 2 nitrogen and oxygen atoms in total. The Morgan fingerprint density at radius 3 is 0.952 bits per heavy atom. The van der Waals surface area contributed by atoms with Gasteiger partial charge in [-0.05, 0) is 146 Å². The lowest BCUT2D eigenvalue weighted by Gasteiger charge is -2.33. The van der Waals surface area contributed by atoms with Crippen molar-refractivity contribution in [3.05, 3.63) is 277 Å². The van der Waals surface area contributed by atoms with Gasteiger partial charge in [0, 0.05) is 34.1 Å². The van der Waals surface area contributed by atoms with Crippen LogP contribution in [0.5, 0.6) is 0 Å². The smallest absolute Gasteiger partial charge is 0.0727 e. The Morgan fingerprint density at radius 2 is 0.540 bits per heavy atom. The molecule has 1 spiro atoms. The van der Waals surface area contributed by atoms with Gasteiger partial charge in [0.05, 0.1) is 5.41 Å². The summed E-state index contributed by atoms with van der Waals surface area (Å²) in [5, 5.41) is 0. The van der Waals surface area contributed by atoms with Crippen LogP contribution < -0.4 is 9.80 Å². The molecule has 0 fully saturated rings. The van der Waals surface area contributed by atoms with Gasteiger partial charge in [0.1, 0.15) is 0 Å². The molecule has 10 aromatic carbocycles. The first kappa shape index (κ1) is 36.6. The molecule has 0 unspecified atom stereocenters. The van der Waals surface area contributed by atoms with Gasteiger partial charge in [-0.2, -0.15) is 0 Å². The highest BCUT2D eigenvalue weighted by atomic mass is 15.1. The Labute approximate surface area is 369 Å². The number of fused-ring (bicyclic) bond motifs is 10. The zero-order chi connectivity index (χ0) is 41.7. The zero-order valence-corrected chi connectivity index (χ0v) is 34.6. The van der Waals surface area contributed by atoms with Crippen LogP contribution in [-0.4, -0.2) is 0 Å². The van der Waals surface area contributed by atoms with Crippen molar-refractivity contribution in [3.63, 3.8) is 0 Å². The van der Waals surface area contributed by atoms with Crippen molar-refractivity contribution in [2.24, 2.45) is 0 Å². The molecule has 0 amide bonds. The third-order valence-corrected chi connectivity index (χ3v) is 13.0. The fourth-order valence-electron chi connectivity index (χ4n) is 10.4. The van der Waals surface area contributed by atoms with E-state index in [-0.39, 0.29) is 0 Å². The van der Waals surface area contributed by atoms with E-state index in [9.17, 15) is 0 Å². The summed E-state index contributed by atoms with van der Waals surface area (Å²) in [5.74, 6) is 0. The van der Waals surface area contributed by atoms with Crippen LogP contribution in [0.4, 0.5) is 34.1 Å². The monoisotopic (exact) mass is 802 g/mol. The first-order chi connectivity index (χ1) is 31.3. The molecule has 2 heteroatoms. The van der Waals surface area contributed by atoms with Crippen LogP contribution in [0.3, 0.4) is 0 Å². The van der Waals surface area contributed by atoms with Crippen molar-refractivity contribution in [3.8, 4) is 44.5 Å². The number of hydrogen-bond acceptors (Lipinski definition) is 2. The molecule has 0 N–H and O–H groups in total. The summed E-state index contributed by atoms with van der Waals surface area (Å²) < 4.78 is 0. The Hall–Kier alpha value is -8.20. The molecule has 0 aromatic heterocycles. The van der Waals surface area contributed by atoms with E-state index in [0.29, 0.717) is 0 Å². The lowest BCUT2D eigenvalue weighted by molar-refractivity contribution is 0.793. The molecule has 0 saturated heterocycles. The lowest BCUT2D eigenvalue weighted by atomic mass is 9.70. The standard InChI is InChI=1S/C61H42N2/c1-6-20-43(21-7-1)45-38-46(44-22-8-2-9-23-44)40-52(39-45)63(49-28-14-5-15-29-49)51-35-37-56-55-36-34-50(62(47-24-10-3-11-25-47)48-26-12-4-13-27-48)41-59(55)61(60(56)42-51)57-32-18-16-30-53(57)54-31-17-19-33-58(54)61/h1-42H. The minimum atomic E-state index is -0.563. The van der Waals surface area contributed by atoms with Gasteiger partial charge in [0.15, 0.2) is 0 Å². The van der Waals surface area contributed by atoms with Gasteiger partial charge in [-0.1, -0.05) is 176 Å². The second-order valence-electron chi connectivity index (χ2n) is 16.5. The van der Waals surface area contributed by atoms with Crippen LogP contribution in [0.1, 0.15) is 22.3 Å². The van der Waals surface area contributed by atoms with Crippen LogP contribution in [0.15, 0.2) is 255 Å². The maximum absolute atomic E-state index is 2.49. The van der Waals surface area contributed by atoms with E-state index in [4.69, 9.17) is 0 Å². The molecule has 0 radical (unpaired) electrons. The second kappa shape index (κ2) is 15.1. The molecule has 296 valence electrons. The van der Waals surface area contributed by atoms with Crippen LogP contribution in [0.25, 0.3) is 44.5 Å². The first-order valence-corrected chi connectivity index (χ1v) is 21.8. The van der Waals surface area contributed by atoms with Crippen LogP contribution in [-0.2, 0) is 5.41 Å². The molecule has 12 rings (SSSR count). The van der Waals surface area contributed by atoms with E-state index < -0.39 is 5.41 Å². The predicted molar refractivity (Wildman–Crippen MR) is 263 cm³/mol. The van der Waals surface area contributed by atoms with Crippen LogP contribution in [0.2, 0.25) is 0 Å². The van der Waals surface area contributed by atoms with Crippen molar-refractivity contribution in [1.29, 1.82) is 0 Å². The zero-order valence-electron chi connectivity index (χ0n) is 34.6. The molecule has 2 aliphatic carbocycles. The van der Waals surface area contributed by atoms with Crippen molar-refractivity contribution in [2.75, 3.05) is 9.80 Å². The summed E-state index contributed by atoms with van der Waals surface area (Å²) in [6, 6.07) is 93.3. The lowest BCUT2D eigenvalue weighted by Crippen LogP contribution is -2.26. The molecule has 0 heterocycles. The molecule has 0 bridgehead atoms. The van der Waals surface area contributed by atoms with Gasteiger partial charge in [-0.15, -0.1) is 0 Å². The molecule has 0 atom stereocenters. The van der Waals surface area contributed by atoms with Crippen molar-refractivity contribution >= 4 is 34.1 Å². The number of nitrogens with zero attached hydrogens (tertiary/aromatic N) is 2. The summed E-state index contributed by atoms with van der Waals surface area (Å²) in [7, 11) is 0. The van der Waals surface area contributed by atoms with E-state index in [2.05, 4.69) is 265 Å². The molecule has 2 aliphatic rings. The van der Waals surface area contributed by atoms with E-state index in [0.717, 1.165) is 34.1 Å². The number of para-hydroxylation sites is 3. The van der Waals surface area contributed by atoms with E-state index in [1.807, 2.05) is 0 Å². The summed E-state index contributed by atoms with van der Waals surface area (Å²) in [6.45, 7) is 0. The Balaban J connectivity index is 1.12. The van der Waals surface area contributed by atoms with Crippen LogP contribution in [0, 0.1) is 0 Å². The van der Waals surface area contributed by atoms with Gasteiger partial charge >= 0.3 is 0 Å². The maximum atomic E-state index is 2.49. The summed E-state index contributed by atoms with van der Waals surface area (Å²) in [5.41, 5.74) is 21.1. The summed E-state index contributed by atoms with van der Waals surface area (Å²) in [4.78, 5) is 4.83. The molecule has 0 saturated carbocycles. The minimum Gasteiger partial charge on any atom is -0.310 e. The van der Waals surface area contributed by atoms with Crippen LogP contribution >= 0.6 is 0 Å². The number of rotatable bonds is 8. The quantitative estimate of drug-likeness (QED) is 0.151. The van der Waals surface area contributed by atoms with Gasteiger partial charge in [0.25, 0.3) is 0 Å². The highest BCUT2D eigenvalue weighted by Gasteiger charge is 2.52. The SMILES string of the molecule is c1ccc(-c2cc(-c3ccccc3)cc(N(c3ccccc3)c3ccc4c(c3)C3(c5ccccc5-c5ccccc53)c3cc(N(c5ccccc5)c5ccccc5)ccc3-4)c2)cc1. The molecular formula is C61H42N2. The Morgan fingerprint density at radius 1 is 0.206 bits per heavy atom. The molecule has 0 aliphatic heterocycles. The average molecular weight is 803 g/mol. The van der Waals surface area contributed by atoms with E-state index in [1.165, 1.54) is 66.8 Å². The third-order valence-electron chi connectivity index (χ3n) is 13.0. The van der Waals surface area contributed by atoms with Gasteiger partial charge in [-0.3, -0.25) is 0 Å². The minimum absolute atomic E-state index is 0.563. The van der Waals surface area contributed by atoms with Crippen molar-refractivity contribution in [2.45, 2.75) is 5.41 Å². The van der Waals surface area contributed by atoms with Crippen molar-refractivity contribution in [1.82, 2.24) is 0 Å². The Bertz CT molecular complexity index is 3130. The summed E-state index contributed by atoms with van der Waals surface area (Å²) >= 11 is 0. The highest BCUT2D eigenvalue weighted by Crippen LogP contribution is 2.64. The van der Waals surface area contributed by atoms with Gasteiger partial charge in [-0.25, -0.2) is 0 Å².